The Labute approximate surface area is 147 Å². The molecule has 0 unspecified atom stereocenters. The van der Waals surface area contributed by atoms with Crippen molar-refractivity contribution in [3.8, 4) is 0 Å². The molecule has 0 amide bonds. The van der Waals surface area contributed by atoms with Gasteiger partial charge in [0.15, 0.2) is 0 Å². The molecule has 0 aliphatic carbocycles. The third-order valence-electron chi connectivity index (χ3n) is 3.89. The van der Waals surface area contributed by atoms with Gasteiger partial charge in [0.1, 0.15) is 23.8 Å². The molecule has 1 heterocycles. The number of nitrogens with one attached hydrogen (secondary N) is 2. The monoisotopic (exact) mass is 336 g/mol. The average Bonchev–Trinajstić information content (AvgIpc) is 2.65. The van der Waals surface area contributed by atoms with Gasteiger partial charge in [-0.3, -0.25) is 0 Å². The van der Waals surface area contributed by atoms with Gasteiger partial charge in [0.05, 0.1) is 0 Å². The van der Waals surface area contributed by atoms with E-state index in [1.165, 1.54) is 18.0 Å². The van der Waals surface area contributed by atoms with E-state index in [0.29, 0.717) is 18.5 Å². The lowest BCUT2D eigenvalue weighted by atomic mass is 10.1. The van der Waals surface area contributed by atoms with E-state index in [4.69, 9.17) is 0 Å². The Bertz CT molecular complexity index is 792. The number of aromatic nitrogens is 2. The minimum atomic E-state index is -0.171. The number of rotatable bonds is 8. The normalized spacial score (nSPS) is 10.4. The predicted molar refractivity (Wildman–Crippen MR) is 99.3 cm³/mol. The summed E-state index contributed by atoms with van der Waals surface area (Å²) in [4.78, 5) is 8.43. The SMILES string of the molecule is Fc1ccccc1CCNc1cc(NCCc2ccccc2)ncn1. The Morgan fingerprint density at radius 3 is 2.12 bits per heavy atom. The van der Waals surface area contributed by atoms with Crippen LogP contribution in [0.15, 0.2) is 67.0 Å². The van der Waals surface area contributed by atoms with Crippen LogP contribution in [0.1, 0.15) is 11.1 Å². The Morgan fingerprint density at radius 2 is 1.40 bits per heavy atom. The molecule has 3 rings (SSSR count). The van der Waals surface area contributed by atoms with Crippen LogP contribution in [0.2, 0.25) is 0 Å². The largest absolute Gasteiger partial charge is 0.370 e. The van der Waals surface area contributed by atoms with Crippen molar-refractivity contribution in [1.29, 1.82) is 0 Å². The Kier molecular flexibility index (Phi) is 5.93. The smallest absolute Gasteiger partial charge is 0.131 e. The Hall–Kier alpha value is -2.95. The highest BCUT2D eigenvalue weighted by atomic mass is 19.1. The fraction of sp³-hybridized carbons (Fsp3) is 0.200. The fourth-order valence-electron chi connectivity index (χ4n) is 2.56. The number of nitrogens with zero attached hydrogens (tertiary/aromatic N) is 2. The van der Waals surface area contributed by atoms with Crippen molar-refractivity contribution >= 4 is 11.6 Å². The molecule has 5 heteroatoms. The van der Waals surface area contributed by atoms with E-state index >= 15 is 0 Å². The predicted octanol–water partition coefficient (Wildman–Crippen LogP) is 3.92. The summed E-state index contributed by atoms with van der Waals surface area (Å²) in [6, 6.07) is 19.0. The number of halogens is 1. The molecule has 0 aliphatic heterocycles. The zero-order valence-electron chi connectivity index (χ0n) is 14.0. The van der Waals surface area contributed by atoms with E-state index in [1.54, 1.807) is 12.1 Å². The number of hydrogen-bond donors (Lipinski definition) is 2. The second-order valence-electron chi connectivity index (χ2n) is 5.72. The van der Waals surface area contributed by atoms with Gasteiger partial charge in [-0.05, 0) is 30.0 Å². The number of anilines is 2. The number of hydrogen-bond acceptors (Lipinski definition) is 4. The first kappa shape index (κ1) is 16.9. The van der Waals surface area contributed by atoms with Crippen LogP contribution in [-0.2, 0) is 12.8 Å². The zero-order valence-corrected chi connectivity index (χ0v) is 14.0. The molecule has 0 atom stereocenters. The van der Waals surface area contributed by atoms with Gasteiger partial charge in [-0.1, -0.05) is 48.5 Å². The summed E-state index contributed by atoms with van der Waals surface area (Å²) in [5.74, 6) is 1.34. The summed E-state index contributed by atoms with van der Waals surface area (Å²) in [5, 5.41) is 6.51. The lowest BCUT2D eigenvalue weighted by Crippen LogP contribution is -2.10. The molecular formula is C20H21FN4. The van der Waals surface area contributed by atoms with E-state index in [9.17, 15) is 4.39 Å². The van der Waals surface area contributed by atoms with Gasteiger partial charge in [-0.2, -0.15) is 0 Å². The van der Waals surface area contributed by atoms with Crippen molar-refractivity contribution in [2.75, 3.05) is 23.7 Å². The first-order valence-corrected chi connectivity index (χ1v) is 8.38. The van der Waals surface area contributed by atoms with E-state index in [0.717, 1.165) is 24.6 Å². The highest BCUT2D eigenvalue weighted by molar-refractivity contribution is 5.46. The highest BCUT2D eigenvalue weighted by Crippen LogP contribution is 2.11. The minimum Gasteiger partial charge on any atom is -0.370 e. The molecule has 25 heavy (non-hydrogen) atoms. The fourth-order valence-corrected chi connectivity index (χ4v) is 2.56. The molecule has 0 radical (unpaired) electrons. The molecule has 0 aliphatic rings. The van der Waals surface area contributed by atoms with Crippen LogP contribution in [0, 0.1) is 5.82 Å². The summed E-state index contributed by atoms with van der Waals surface area (Å²) in [6.07, 6.45) is 3.06. The lowest BCUT2D eigenvalue weighted by Gasteiger charge is -2.09. The van der Waals surface area contributed by atoms with Crippen molar-refractivity contribution in [2.24, 2.45) is 0 Å². The first-order chi connectivity index (χ1) is 12.3. The van der Waals surface area contributed by atoms with Gasteiger partial charge in [-0.15, -0.1) is 0 Å². The molecule has 4 nitrogen and oxygen atoms in total. The van der Waals surface area contributed by atoms with Crippen LogP contribution >= 0.6 is 0 Å². The maximum absolute atomic E-state index is 13.6. The molecule has 0 bridgehead atoms. The van der Waals surface area contributed by atoms with Crippen LogP contribution < -0.4 is 10.6 Å². The van der Waals surface area contributed by atoms with Crippen LogP contribution in [0.3, 0.4) is 0 Å². The van der Waals surface area contributed by atoms with Gasteiger partial charge in [0.25, 0.3) is 0 Å². The first-order valence-electron chi connectivity index (χ1n) is 8.38. The molecule has 0 spiro atoms. The summed E-state index contributed by atoms with van der Waals surface area (Å²) >= 11 is 0. The van der Waals surface area contributed by atoms with Gasteiger partial charge < -0.3 is 10.6 Å². The molecule has 2 aromatic carbocycles. The third kappa shape index (κ3) is 5.28. The third-order valence-corrected chi connectivity index (χ3v) is 3.89. The van der Waals surface area contributed by atoms with Crippen molar-refractivity contribution in [3.05, 3.63) is 83.9 Å². The average molecular weight is 336 g/mol. The standard InChI is InChI=1S/C20H21FN4/c21-18-9-5-4-8-17(18)11-13-23-20-14-19(24-15-25-20)22-12-10-16-6-2-1-3-7-16/h1-9,14-15H,10-13H2,(H2,22,23,24,25). The quantitative estimate of drug-likeness (QED) is 0.654. The topological polar surface area (TPSA) is 49.8 Å². The maximum Gasteiger partial charge on any atom is 0.131 e. The van der Waals surface area contributed by atoms with Gasteiger partial charge in [0.2, 0.25) is 0 Å². The Balaban J connectivity index is 1.47. The lowest BCUT2D eigenvalue weighted by molar-refractivity contribution is 0.610. The van der Waals surface area contributed by atoms with Crippen LogP contribution in [0.4, 0.5) is 16.0 Å². The summed E-state index contributed by atoms with van der Waals surface area (Å²) in [7, 11) is 0. The van der Waals surface area contributed by atoms with E-state index < -0.39 is 0 Å². The molecule has 0 saturated carbocycles. The highest BCUT2D eigenvalue weighted by Gasteiger charge is 2.02. The van der Waals surface area contributed by atoms with Crippen LogP contribution in [0.25, 0.3) is 0 Å². The molecule has 3 aromatic rings. The molecule has 2 N–H and O–H groups in total. The summed E-state index contributed by atoms with van der Waals surface area (Å²) in [6.45, 7) is 1.41. The molecule has 128 valence electrons. The summed E-state index contributed by atoms with van der Waals surface area (Å²) in [5.41, 5.74) is 1.98. The second kappa shape index (κ2) is 8.78. The zero-order chi connectivity index (χ0) is 17.3. The van der Waals surface area contributed by atoms with Gasteiger partial charge in [-0.25, -0.2) is 14.4 Å². The number of benzene rings is 2. The molecule has 1 aromatic heterocycles. The van der Waals surface area contributed by atoms with Gasteiger partial charge >= 0.3 is 0 Å². The molecule has 0 saturated heterocycles. The van der Waals surface area contributed by atoms with E-state index in [-0.39, 0.29) is 5.82 Å². The maximum atomic E-state index is 13.6. The second-order valence-corrected chi connectivity index (χ2v) is 5.72. The van der Waals surface area contributed by atoms with Crippen molar-refractivity contribution in [2.45, 2.75) is 12.8 Å². The van der Waals surface area contributed by atoms with Crippen molar-refractivity contribution < 1.29 is 4.39 Å². The Morgan fingerprint density at radius 1 is 0.760 bits per heavy atom. The molecule has 0 fully saturated rings. The van der Waals surface area contributed by atoms with Crippen LogP contribution in [-0.4, -0.2) is 23.1 Å². The van der Waals surface area contributed by atoms with E-state index in [2.05, 4.69) is 32.7 Å². The molecular weight excluding hydrogens is 315 g/mol. The van der Waals surface area contributed by atoms with Crippen molar-refractivity contribution in [3.63, 3.8) is 0 Å². The van der Waals surface area contributed by atoms with Crippen LogP contribution in [0.5, 0.6) is 0 Å². The van der Waals surface area contributed by atoms with Gasteiger partial charge in [0, 0.05) is 19.2 Å². The summed E-state index contributed by atoms with van der Waals surface area (Å²) < 4.78 is 13.6. The minimum absolute atomic E-state index is 0.171. The van der Waals surface area contributed by atoms with Crippen molar-refractivity contribution in [1.82, 2.24) is 9.97 Å². The van der Waals surface area contributed by atoms with E-state index in [1.807, 2.05) is 30.3 Å².